The number of aryl methyl sites for hydroxylation is 2. The third-order valence-corrected chi connectivity index (χ3v) is 3.73. The Morgan fingerprint density at radius 2 is 1.74 bits per heavy atom. The van der Waals surface area contributed by atoms with Crippen LogP contribution in [0.1, 0.15) is 27.0 Å². The molecule has 0 aliphatic rings. The van der Waals surface area contributed by atoms with E-state index >= 15 is 0 Å². The number of ketones is 1. The molecule has 0 bridgehead atoms. The van der Waals surface area contributed by atoms with Gasteiger partial charge in [0.1, 0.15) is 0 Å². The van der Waals surface area contributed by atoms with Crippen LogP contribution in [0, 0.1) is 13.8 Å². The van der Waals surface area contributed by atoms with Crippen molar-refractivity contribution >= 4 is 29.0 Å². The van der Waals surface area contributed by atoms with Gasteiger partial charge in [-0.25, -0.2) is 0 Å². The molecule has 3 heteroatoms. The lowest BCUT2D eigenvalue weighted by molar-refractivity contribution is 0.0993. The molecule has 0 radical (unpaired) electrons. The first-order valence-electron chi connectivity index (χ1n) is 6.02. The molecule has 0 heterocycles. The molecular formula is C16H14Cl2O. The summed E-state index contributed by atoms with van der Waals surface area (Å²) in [5.74, 6) is -0.0178. The maximum Gasteiger partial charge on any atom is 0.168 e. The summed E-state index contributed by atoms with van der Waals surface area (Å²) in [6.45, 7) is 4.09. The number of benzene rings is 2. The minimum atomic E-state index is -0.0178. The molecule has 0 saturated carbocycles. The van der Waals surface area contributed by atoms with Crippen LogP contribution >= 0.6 is 23.2 Å². The molecule has 0 aliphatic heterocycles. The molecule has 98 valence electrons. The SMILES string of the molecule is Cc1ccc(CC(=O)c2cc(Cl)ccc2Cl)cc1C. The zero-order valence-electron chi connectivity index (χ0n) is 10.8. The zero-order valence-corrected chi connectivity index (χ0v) is 12.3. The summed E-state index contributed by atoms with van der Waals surface area (Å²) in [5, 5.41) is 0.964. The highest BCUT2D eigenvalue weighted by molar-refractivity contribution is 6.35. The van der Waals surface area contributed by atoms with Crippen LogP contribution in [0.4, 0.5) is 0 Å². The third-order valence-electron chi connectivity index (χ3n) is 3.16. The molecule has 19 heavy (non-hydrogen) atoms. The summed E-state index contributed by atoms with van der Waals surface area (Å²) in [4.78, 5) is 12.2. The molecule has 2 aromatic carbocycles. The van der Waals surface area contributed by atoms with E-state index in [0.717, 1.165) is 5.56 Å². The Kier molecular flexibility index (Phi) is 4.28. The number of carbonyl (C=O) groups is 1. The van der Waals surface area contributed by atoms with E-state index in [2.05, 4.69) is 6.92 Å². The number of halogens is 2. The minimum absolute atomic E-state index is 0.0178. The van der Waals surface area contributed by atoms with Crippen LogP contribution in [0.5, 0.6) is 0 Å². The summed E-state index contributed by atoms with van der Waals surface area (Å²) < 4.78 is 0. The molecule has 2 aromatic rings. The Bertz CT molecular complexity index is 633. The van der Waals surface area contributed by atoms with Crippen molar-refractivity contribution in [1.29, 1.82) is 0 Å². The molecule has 0 amide bonds. The minimum Gasteiger partial charge on any atom is -0.294 e. The number of carbonyl (C=O) groups excluding carboxylic acids is 1. The first kappa shape index (κ1) is 14.1. The molecule has 0 unspecified atom stereocenters. The Balaban J connectivity index is 2.25. The monoisotopic (exact) mass is 292 g/mol. The van der Waals surface area contributed by atoms with E-state index in [4.69, 9.17) is 23.2 Å². The lowest BCUT2D eigenvalue weighted by Gasteiger charge is -2.06. The van der Waals surface area contributed by atoms with E-state index in [1.807, 2.05) is 25.1 Å². The van der Waals surface area contributed by atoms with Gasteiger partial charge in [-0.05, 0) is 48.7 Å². The fourth-order valence-electron chi connectivity index (χ4n) is 1.91. The summed E-state index contributed by atoms with van der Waals surface area (Å²) in [7, 11) is 0. The number of Topliss-reactive ketones (excluding diaryl/α,β-unsaturated/α-hetero) is 1. The topological polar surface area (TPSA) is 17.1 Å². The van der Waals surface area contributed by atoms with Crippen LogP contribution in [-0.2, 0) is 6.42 Å². The van der Waals surface area contributed by atoms with Crippen molar-refractivity contribution in [2.75, 3.05) is 0 Å². The summed E-state index contributed by atoms with van der Waals surface area (Å²) in [6, 6.07) is 11.0. The summed E-state index contributed by atoms with van der Waals surface area (Å²) >= 11 is 11.9. The van der Waals surface area contributed by atoms with E-state index in [-0.39, 0.29) is 5.78 Å². The highest BCUT2D eigenvalue weighted by Crippen LogP contribution is 2.22. The maximum atomic E-state index is 12.2. The molecule has 0 atom stereocenters. The van der Waals surface area contributed by atoms with E-state index in [1.165, 1.54) is 11.1 Å². The van der Waals surface area contributed by atoms with Crippen molar-refractivity contribution in [3.8, 4) is 0 Å². The second kappa shape index (κ2) is 5.77. The lowest BCUT2D eigenvalue weighted by Crippen LogP contribution is -2.04. The first-order valence-corrected chi connectivity index (χ1v) is 6.77. The van der Waals surface area contributed by atoms with Gasteiger partial charge in [0.05, 0.1) is 5.02 Å². The van der Waals surface area contributed by atoms with Gasteiger partial charge in [0.2, 0.25) is 0 Å². The van der Waals surface area contributed by atoms with Gasteiger partial charge >= 0.3 is 0 Å². The van der Waals surface area contributed by atoms with Gasteiger partial charge in [-0.3, -0.25) is 4.79 Å². The number of hydrogen-bond donors (Lipinski definition) is 0. The molecule has 1 nitrogen and oxygen atoms in total. The Hall–Kier alpha value is -1.31. The van der Waals surface area contributed by atoms with Gasteiger partial charge in [0, 0.05) is 17.0 Å². The van der Waals surface area contributed by atoms with Gasteiger partial charge in [-0.15, -0.1) is 0 Å². The van der Waals surface area contributed by atoms with E-state index in [9.17, 15) is 4.79 Å². The third kappa shape index (κ3) is 3.37. The quantitative estimate of drug-likeness (QED) is 0.725. The average molecular weight is 293 g/mol. The second-order valence-corrected chi connectivity index (χ2v) is 5.49. The molecular weight excluding hydrogens is 279 g/mol. The number of hydrogen-bond acceptors (Lipinski definition) is 1. The van der Waals surface area contributed by atoms with Crippen LogP contribution in [-0.4, -0.2) is 5.78 Å². The van der Waals surface area contributed by atoms with Crippen LogP contribution in [0.15, 0.2) is 36.4 Å². The average Bonchev–Trinajstić information content (AvgIpc) is 2.36. The Labute approximate surface area is 123 Å². The standard InChI is InChI=1S/C16H14Cl2O/c1-10-3-4-12(7-11(10)2)8-16(19)14-9-13(17)5-6-15(14)18/h3-7,9H,8H2,1-2H3. The normalized spacial score (nSPS) is 10.5. The lowest BCUT2D eigenvalue weighted by atomic mass is 9.99. The van der Waals surface area contributed by atoms with Crippen molar-refractivity contribution < 1.29 is 4.79 Å². The zero-order chi connectivity index (χ0) is 14.0. The van der Waals surface area contributed by atoms with Crippen molar-refractivity contribution in [2.45, 2.75) is 20.3 Å². The summed E-state index contributed by atoms with van der Waals surface area (Å²) in [5.41, 5.74) is 3.87. The highest BCUT2D eigenvalue weighted by atomic mass is 35.5. The smallest absolute Gasteiger partial charge is 0.168 e. The van der Waals surface area contributed by atoms with Crippen molar-refractivity contribution in [3.05, 3.63) is 68.7 Å². The second-order valence-electron chi connectivity index (χ2n) is 4.64. The molecule has 0 N–H and O–H groups in total. The molecule has 0 aromatic heterocycles. The number of rotatable bonds is 3. The van der Waals surface area contributed by atoms with E-state index in [0.29, 0.717) is 22.0 Å². The molecule has 0 saturated heterocycles. The van der Waals surface area contributed by atoms with Crippen LogP contribution in [0.3, 0.4) is 0 Å². The molecule has 0 fully saturated rings. The van der Waals surface area contributed by atoms with Crippen molar-refractivity contribution in [3.63, 3.8) is 0 Å². The van der Waals surface area contributed by atoms with Crippen LogP contribution in [0.2, 0.25) is 10.0 Å². The molecule has 0 aliphatic carbocycles. The van der Waals surface area contributed by atoms with E-state index < -0.39 is 0 Å². The Morgan fingerprint density at radius 3 is 2.42 bits per heavy atom. The predicted octanol–water partition coefficient (Wildman–Crippen LogP) is 5.04. The highest BCUT2D eigenvalue weighted by Gasteiger charge is 2.12. The van der Waals surface area contributed by atoms with E-state index in [1.54, 1.807) is 18.2 Å². The largest absolute Gasteiger partial charge is 0.294 e. The maximum absolute atomic E-state index is 12.2. The van der Waals surface area contributed by atoms with Gasteiger partial charge in [-0.1, -0.05) is 41.4 Å². The fourth-order valence-corrected chi connectivity index (χ4v) is 2.30. The van der Waals surface area contributed by atoms with Crippen molar-refractivity contribution in [1.82, 2.24) is 0 Å². The van der Waals surface area contributed by atoms with Crippen LogP contribution < -0.4 is 0 Å². The predicted molar refractivity (Wildman–Crippen MR) is 80.4 cm³/mol. The van der Waals surface area contributed by atoms with Gasteiger partial charge in [-0.2, -0.15) is 0 Å². The summed E-state index contributed by atoms with van der Waals surface area (Å²) in [6.07, 6.45) is 0.335. The first-order chi connectivity index (χ1) is 8.97. The van der Waals surface area contributed by atoms with Crippen LogP contribution in [0.25, 0.3) is 0 Å². The van der Waals surface area contributed by atoms with Gasteiger partial charge < -0.3 is 0 Å². The van der Waals surface area contributed by atoms with Crippen molar-refractivity contribution in [2.24, 2.45) is 0 Å². The van der Waals surface area contributed by atoms with Gasteiger partial charge in [0.15, 0.2) is 5.78 Å². The molecule has 2 rings (SSSR count). The van der Waals surface area contributed by atoms with Gasteiger partial charge in [0.25, 0.3) is 0 Å². The Morgan fingerprint density at radius 1 is 1.00 bits per heavy atom. The molecule has 0 spiro atoms. The fraction of sp³-hybridized carbons (Fsp3) is 0.188.